The van der Waals surface area contributed by atoms with Gasteiger partial charge in [-0.05, 0) is 12.1 Å². The summed E-state index contributed by atoms with van der Waals surface area (Å²) in [4.78, 5) is 4.20. The fourth-order valence-electron chi connectivity index (χ4n) is 1.95. The van der Waals surface area contributed by atoms with Gasteiger partial charge in [-0.3, -0.25) is 0 Å². The molecule has 0 saturated carbocycles. The van der Waals surface area contributed by atoms with Crippen LogP contribution in [0.5, 0.6) is 0 Å². The van der Waals surface area contributed by atoms with Gasteiger partial charge in [0.05, 0.1) is 17.3 Å². The summed E-state index contributed by atoms with van der Waals surface area (Å²) in [5.74, 6) is 0.908. The SMILES string of the molecule is FC(F)(F)c1ccc2cnc(C3CNC3)n2c1. The molecule has 0 atom stereocenters. The first-order chi connectivity index (χ1) is 8.05. The number of alkyl halides is 3. The quantitative estimate of drug-likeness (QED) is 0.827. The van der Waals surface area contributed by atoms with Crippen molar-refractivity contribution in [1.29, 1.82) is 0 Å². The fraction of sp³-hybridized carbons (Fsp3) is 0.364. The van der Waals surface area contributed by atoms with E-state index in [0.717, 1.165) is 25.4 Å². The van der Waals surface area contributed by atoms with Gasteiger partial charge in [-0.2, -0.15) is 13.2 Å². The first-order valence-electron chi connectivity index (χ1n) is 5.30. The molecule has 1 aliphatic rings. The minimum Gasteiger partial charge on any atom is -0.315 e. The molecule has 2 aromatic rings. The van der Waals surface area contributed by atoms with Crippen molar-refractivity contribution in [3.63, 3.8) is 0 Å². The summed E-state index contributed by atoms with van der Waals surface area (Å²) in [5, 5.41) is 3.08. The summed E-state index contributed by atoms with van der Waals surface area (Å²) in [6, 6.07) is 2.53. The Bertz CT molecular complexity index is 555. The van der Waals surface area contributed by atoms with E-state index in [4.69, 9.17) is 0 Å². The standard InChI is InChI=1S/C11H10F3N3/c12-11(13,14)8-1-2-9-5-16-10(17(9)6-8)7-3-15-4-7/h1-2,5-7,15H,3-4H2. The molecule has 2 aromatic heterocycles. The smallest absolute Gasteiger partial charge is 0.315 e. The Morgan fingerprint density at radius 1 is 1.29 bits per heavy atom. The number of aromatic nitrogens is 2. The zero-order chi connectivity index (χ0) is 12.0. The Labute approximate surface area is 95.3 Å². The molecule has 0 aliphatic carbocycles. The molecule has 3 rings (SSSR count). The van der Waals surface area contributed by atoms with E-state index < -0.39 is 11.7 Å². The number of hydrogen-bond acceptors (Lipinski definition) is 2. The summed E-state index contributed by atoms with van der Waals surface area (Å²) < 4.78 is 39.3. The molecule has 3 heterocycles. The second kappa shape index (κ2) is 3.46. The van der Waals surface area contributed by atoms with Crippen LogP contribution in [-0.4, -0.2) is 22.5 Å². The minimum absolute atomic E-state index is 0.209. The highest BCUT2D eigenvalue weighted by Gasteiger charge is 2.31. The van der Waals surface area contributed by atoms with Crippen LogP contribution in [0, 0.1) is 0 Å². The molecule has 1 aliphatic heterocycles. The third-order valence-electron chi connectivity index (χ3n) is 3.03. The Balaban J connectivity index is 2.12. The van der Waals surface area contributed by atoms with Crippen LogP contribution < -0.4 is 5.32 Å². The molecule has 1 saturated heterocycles. The molecule has 0 unspecified atom stereocenters. The summed E-state index contributed by atoms with van der Waals surface area (Å²) in [6.45, 7) is 1.55. The van der Waals surface area contributed by atoms with Gasteiger partial charge in [0, 0.05) is 25.2 Å². The van der Waals surface area contributed by atoms with Gasteiger partial charge < -0.3 is 9.72 Å². The summed E-state index contributed by atoms with van der Waals surface area (Å²) in [6.07, 6.45) is -1.59. The molecule has 90 valence electrons. The molecule has 1 fully saturated rings. The van der Waals surface area contributed by atoms with Crippen LogP contribution in [0.25, 0.3) is 5.52 Å². The monoisotopic (exact) mass is 241 g/mol. The zero-order valence-corrected chi connectivity index (χ0v) is 8.83. The molecule has 0 aromatic carbocycles. The highest BCUT2D eigenvalue weighted by molar-refractivity contribution is 5.48. The van der Waals surface area contributed by atoms with Crippen molar-refractivity contribution in [3.05, 3.63) is 35.9 Å². The molecule has 1 N–H and O–H groups in total. The molecular weight excluding hydrogens is 231 g/mol. The highest BCUT2D eigenvalue weighted by Crippen LogP contribution is 2.30. The number of fused-ring (bicyclic) bond motifs is 1. The lowest BCUT2D eigenvalue weighted by atomic mass is 10.0. The van der Waals surface area contributed by atoms with Gasteiger partial charge in [0.25, 0.3) is 0 Å². The number of pyridine rings is 1. The van der Waals surface area contributed by atoms with Gasteiger partial charge in [-0.25, -0.2) is 4.98 Å². The molecule has 0 radical (unpaired) electrons. The second-order valence-electron chi connectivity index (χ2n) is 4.18. The van der Waals surface area contributed by atoms with Crippen LogP contribution in [0.3, 0.4) is 0 Å². The van der Waals surface area contributed by atoms with E-state index >= 15 is 0 Å². The van der Waals surface area contributed by atoms with Crippen molar-refractivity contribution in [2.24, 2.45) is 0 Å². The van der Waals surface area contributed by atoms with Crippen molar-refractivity contribution in [3.8, 4) is 0 Å². The Kier molecular flexibility index (Phi) is 2.16. The largest absolute Gasteiger partial charge is 0.417 e. The Hall–Kier alpha value is -1.56. The lowest BCUT2D eigenvalue weighted by Crippen LogP contribution is -2.40. The number of halogens is 3. The highest BCUT2D eigenvalue weighted by atomic mass is 19.4. The second-order valence-corrected chi connectivity index (χ2v) is 4.18. The van der Waals surface area contributed by atoms with Crippen LogP contribution in [0.15, 0.2) is 24.5 Å². The van der Waals surface area contributed by atoms with Crippen molar-refractivity contribution in [2.45, 2.75) is 12.1 Å². The molecule has 3 nitrogen and oxygen atoms in total. The van der Waals surface area contributed by atoms with Crippen LogP contribution in [0.1, 0.15) is 17.3 Å². The average Bonchev–Trinajstić information content (AvgIpc) is 2.57. The summed E-state index contributed by atoms with van der Waals surface area (Å²) >= 11 is 0. The van der Waals surface area contributed by atoms with Crippen LogP contribution in [0.4, 0.5) is 13.2 Å². The van der Waals surface area contributed by atoms with E-state index in [0.29, 0.717) is 11.3 Å². The van der Waals surface area contributed by atoms with Crippen LogP contribution in [-0.2, 0) is 6.18 Å². The topological polar surface area (TPSA) is 29.3 Å². The van der Waals surface area contributed by atoms with Crippen molar-refractivity contribution in [2.75, 3.05) is 13.1 Å². The minimum atomic E-state index is -4.31. The van der Waals surface area contributed by atoms with Gasteiger partial charge in [-0.1, -0.05) is 0 Å². The Morgan fingerprint density at radius 3 is 2.65 bits per heavy atom. The lowest BCUT2D eigenvalue weighted by Gasteiger charge is -2.26. The van der Waals surface area contributed by atoms with Crippen molar-refractivity contribution in [1.82, 2.24) is 14.7 Å². The predicted octanol–water partition coefficient (Wildman–Crippen LogP) is 2.04. The van der Waals surface area contributed by atoms with Crippen molar-refractivity contribution < 1.29 is 13.2 Å². The van der Waals surface area contributed by atoms with Crippen LogP contribution in [0.2, 0.25) is 0 Å². The first kappa shape index (κ1) is 10.6. The maximum atomic E-state index is 12.6. The van der Waals surface area contributed by atoms with E-state index in [9.17, 15) is 13.2 Å². The van der Waals surface area contributed by atoms with E-state index in [1.807, 2.05) is 0 Å². The van der Waals surface area contributed by atoms with Crippen LogP contribution >= 0.6 is 0 Å². The van der Waals surface area contributed by atoms with Gasteiger partial charge in [0.1, 0.15) is 5.82 Å². The van der Waals surface area contributed by atoms with Gasteiger partial charge >= 0.3 is 6.18 Å². The summed E-state index contributed by atoms with van der Waals surface area (Å²) in [7, 11) is 0. The number of imidazole rings is 1. The molecular formula is C11H10F3N3. The van der Waals surface area contributed by atoms with E-state index in [2.05, 4.69) is 10.3 Å². The molecule has 0 bridgehead atoms. The molecule has 0 spiro atoms. The lowest BCUT2D eigenvalue weighted by molar-refractivity contribution is -0.137. The number of nitrogens with one attached hydrogen (secondary N) is 1. The van der Waals surface area contributed by atoms with E-state index in [1.165, 1.54) is 10.5 Å². The first-order valence-corrected chi connectivity index (χ1v) is 5.30. The maximum Gasteiger partial charge on any atom is 0.417 e. The predicted molar refractivity (Wildman–Crippen MR) is 55.8 cm³/mol. The Morgan fingerprint density at radius 2 is 2.06 bits per heavy atom. The third kappa shape index (κ3) is 1.68. The van der Waals surface area contributed by atoms with Gasteiger partial charge in [0.2, 0.25) is 0 Å². The zero-order valence-electron chi connectivity index (χ0n) is 8.83. The number of hydrogen-bond donors (Lipinski definition) is 1. The number of rotatable bonds is 1. The van der Waals surface area contributed by atoms with Crippen molar-refractivity contribution >= 4 is 5.52 Å². The molecule has 0 amide bonds. The van der Waals surface area contributed by atoms with Gasteiger partial charge in [0.15, 0.2) is 0 Å². The third-order valence-corrected chi connectivity index (χ3v) is 3.03. The summed E-state index contributed by atoms with van der Waals surface area (Å²) in [5.41, 5.74) is 0.0523. The van der Waals surface area contributed by atoms with E-state index in [1.54, 1.807) is 6.20 Å². The fourth-order valence-corrected chi connectivity index (χ4v) is 1.95. The molecule has 17 heavy (non-hydrogen) atoms. The maximum absolute atomic E-state index is 12.6. The van der Waals surface area contributed by atoms with E-state index in [-0.39, 0.29) is 5.92 Å². The normalized spacial score (nSPS) is 17.4. The molecule has 6 heteroatoms. The van der Waals surface area contributed by atoms with Gasteiger partial charge in [-0.15, -0.1) is 0 Å². The average molecular weight is 241 g/mol. The number of nitrogens with zero attached hydrogens (tertiary/aromatic N) is 2.